The minimum absolute atomic E-state index is 0.00981. The zero-order valence-corrected chi connectivity index (χ0v) is 15.0. The average molecular weight is 347 g/mol. The lowest BCUT2D eigenvalue weighted by Gasteiger charge is -2.26. The Morgan fingerprint density at radius 2 is 1.57 bits per heavy atom. The fourth-order valence-electron chi connectivity index (χ4n) is 2.68. The van der Waals surface area contributed by atoms with Crippen molar-refractivity contribution >= 4 is 15.9 Å². The van der Waals surface area contributed by atoms with E-state index in [1.807, 2.05) is 25.1 Å². The van der Waals surface area contributed by atoms with Crippen LogP contribution in [0.15, 0.2) is 40.9 Å². The average Bonchev–Trinajstić information content (AvgIpc) is 2.41. The molecule has 0 spiro atoms. The molecule has 0 radical (unpaired) electrons. The summed E-state index contributed by atoms with van der Waals surface area (Å²) in [7, 11) is 0. The molecule has 2 aromatic rings. The highest BCUT2D eigenvalue weighted by Crippen LogP contribution is 2.35. The van der Waals surface area contributed by atoms with Crippen LogP contribution in [0.5, 0.6) is 0 Å². The van der Waals surface area contributed by atoms with Crippen molar-refractivity contribution in [1.82, 2.24) is 0 Å². The SMILES string of the molecule is Cc1cc(C(O)c2ccccc2C(C)(C)C)c(C)cc1Br. The molecule has 1 unspecified atom stereocenters. The van der Waals surface area contributed by atoms with Crippen LogP contribution in [0.25, 0.3) is 0 Å². The summed E-state index contributed by atoms with van der Waals surface area (Å²) in [5.74, 6) is 0. The van der Waals surface area contributed by atoms with Gasteiger partial charge in [-0.3, -0.25) is 0 Å². The van der Waals surface area contributed by atoms with Crippen molar-refractivity contribution in [3.05, 3.63) is 68.7 Å². The third-order valence-corrected chi connectivity index (χ3v) is 4.76. The molecule has 2 rings (SSSR count). The van der Waals surface area contributed by atoms with Gasteiger partial charge in [-0.15, -0.1) is 0 Å². The van der Waals surface area contributed by atoms with Crippen LogP contribution in [0, 0.1) is 13.8 Å². The second kappa shape index (κ2) is 5.94. The summed E-state index contributed by atoms with van der Waals surface area (Å²) in [6.45, 7) is 10.6. The molecule has 112 valence electrons. The molecule has 0 aliphatic rings. The first-order valence-electron chi connectivity index (χ1n) is 7.26. The van der Waals surface area contributed by atoms with E-state index >= 15 is 0 Å². The molecule has 0 heterocycles. The fraction of sp³-hybridized carbons (Fsp3) is 0.368. The van der Waals surface area contributed by atoms with E-state index in [0.717, 1.165) is 26.7 Å². The van der Waals surface area contributed by atoms with Crippen molar-refractivity contribution in [2.24, 2.45) is 0 Å². The maximum absolute atomic E-state index is 10.9. The summed E-state index contributed by atoms with van der Waals surface area (Å²) in [4.78, 5) is 0. The molecular formula is C19H23BrO. The molecule has 1 atom stereocenters. The summed E-state index contributed by atoms with van der Waals surface area (Å²) >= 11 is 3.55. The molecular weight excluding hydrogens is 324 g/mol. The number of benzene rings is 2. The Kier molecular flexibility index (Phi) is 4.60. The molecule has 0 aromatic heterocycles. The lowest BCUT2D eigenvalue weighted by Crippen LogP contribution is -2.17. The number of aryl methyl sites for hydroxylation is 2. The zero-order valence-electron chi connectivity index (χ0n) is 13.4. The third-order valence-electron chi connectivity index (χ3n) is 3.91. The molecule has 1 nitrogen and oxygen atoms in total. The van der Waals surface area contributed by atoms with Gasteiger partial charge in [0.15, 0.2) is 0 Å². The van der Waals surface area contributed by atoms with Crippen molar-refractivity contribution in [2.45, 2.75) is 46.1 Å². The largest absolute Gasteiger partial charge is 0.384 e. The highest BCUT2D eigenvalue weighted by molar-refractivity contribution is 9.10. The van der Waals surface area contributed by atoms with Gasteiger partial charge >= 0.3 is 0 Å². The first-order chi connectivity index (χ1) is 9.71. The van der Waals surface area contributed by atoms with E-state index in [1.165, 1.54) is 5.56 Å². The zero-order chi connectivity index (χ0) is 15.8. The maximum atomic E-state index is 10.9. The molecule has 0 bridgehead atoms. The third kappa shape index (κ3) is 3.38. The molecule has 2 aromatic carbocycles. The highest BCUT2D eigenvalue weighted by Gasteiger charge is 2.23. The van der Waals surface area contributed by atoms with Gasteiger partial charge in [-0.25, -0.2) is 0 Å². The van der Waals surface area contributed by atoms with Crippen LogP contribution >= 0.6 is 15.9 Å². The molecule has 21 heavy (non-hydrogen) atoms. The first kappa shape index (κ1) is 16.3. The number of halogens is 1. The molecule has 1 N–H and O–H groups in total. The number of rotatable bonds is 2. The minimum atomic E-state index is -0.591. The fourth-order valence-corrected chi connectivity index (χ4v) is 3.14. The summed E-state index contributed by atoms with van der Waals surface area (Å²) in [5.41, 5.74) is 5.42. The summed E-state index contributed by atoms with van der Waals surface area (Å²) in [5, 5.41) is 10.9. The summed E-state index contributed by atoms with van der Waals surface area (Å²) in [6.07, 6.45) is -0.591. The summed E-state index contributed by atoms with van der Waals surface area (Å²) < 4.78 is 1.08. The molecule has 0 aliphatic heterocycles. The van der Waals surface area contributed by atoms with Crippen LogP contribution < -0.4 is 0 Å². The van der Waals surface area contributed by atoms with Gasteiger partial charge in [0.1, 0.15) is 6.10 Å². The lowest BCUT2D eigenvalue weighted by atomic mass is 9.81. The Hall–Kier alpha value is -1.12. The predicted octanol–water partition coefficient (Wildman–Crippen LogP) is 5.45. The Balaban J connectivity index is 2.56. The second-order valence-corrected chi connectivity index (χ2v) is 7.55. The van der Waals surface area contributed by atoms with Crippen molar-refractivity contribution < 1.29 is 5.11 Å². The van der Waals surface area contributed by atoms with E-state index in [9.17, 15) is 5.11 Å². The van der Waals surface area contributed by atoms with Crippen molar-refractivity contribution in [3.63, 3.8) is 0 Å². The second-order valence-electron chi connectivity index (χ2n) is 6.70. The number of aliphatic hydroxyl groups is 1. The molecule has 0 aliphatic carbocycles. The lowest BCUT2D eigenvalue weighted by molar-refractivity contribution is 0.216. The van der Waals surface area contributed by atoms with Crippen LogP contribution in [0.2, 0.25) is 0 Å². The Morgan fingerprint density at radius 3 is 2.19 bits per heavy atom. The van der Waals surface area contributed by atoms with Gasteiger partial charge in [0.2, 0.25) is 0 Å². The first-order valence-corrected chi connectivity index (χ1v) is 8.05. The van der Waals surface area contributed by atoms with Gasteiger partial charge in [0, 0.05) is 4.47 Å². The number of hydrogen-bond acceptors (Lipinski definition) is 1. The van der Waals surface area contributed by atoms with Gasteiger partial charge in [-0.2, -0.15) is 0 Å². The monoisotopic (exact) mass is 346 g/mol. The van der Waals surface area contributed by atoms with Gasteiger partial charge < -0.3 is 5.11 Å². The Labute approximate surface area is 136 Å². The van der Waals surface area contributed by atoms with Gasteiger partial charge in [0.25, 0.3) is 0 Å². The van der Waals surface area contributed by atoms with Crippen molar-refractivity contribution in [2.75, 3.05) is 0 Å². The van der Waals surface area contributed by atoms with Crippen LogP contribution in [-0.4, -0.2) is 5.11 Å². The van der Waals surface area contributed by atoms with E-state index < -0.39 is 6.10 Å². The predicted molar refractivity (Wildman–Crippen MR) is 92.8 cm³/mol. The maximum Gasteiger partial charge on any atom is 0.105 e. The van der Waals surface area contributed by atoms with E-state index in [0.29, 0.717) is 0 Å². The van der Waals surface area contributed by atoms with Gasteiger partial charge in [-0.05, 0) is 53.1 Å². The normalized spacial score (nSPS) is 13.3. The van der Waals surface area contributed by atoms with E-state index in [2.05, 4.69) is 61.8 Å². The van der Waals surface area contributed by atoms with Gasteiger partial charge in [-0.1, -0.05) is 67.0 Å². The Bertz CT molecular complexity index is 653. The smallest absolute Gasteiger partial charge is 0.105 e. The molecule has 2 heteroatoms. The molecule has 0 fully saturated rings. The summed E-state index contributed by atoms with van der Waals surface area (Å²) in [6, 6.07) is 12.3. The van der Waals surface area contributed by atoms with Crippen LogP contribution in [0.1, 0.15) is 54.7 Å². The van der Waals surface area contributed by atoms with E-state index in [-0.39, 0.29) is 5.41 Å². The minimum Gasteiger partial charge on any atom is -0.384 e. The van der Waals surface area contributed by atoms with Crippen LogP contribution in [0.4, 0.5) is 0 Å². The molecule has 0 saturated heterocycles. The number of hydrogen-bond donors (Lipinski definition) is 1. The topological polar surface area (TPSA) is 20.2 Å². The number of aliphatic hydroxyl groups excluding tert-OH is 1. The van der Waals surface area contributed by atoms with E-state index in [1.54, 1.807) is 0 Å². The Morgan fingerprint density at radius 1 is 0.952 bits per heavy atom. The van der Waals surface area contributed by atoms with E-state index in [4.69, 9.17) is 0 Å². The van der Waals surface area contributed by atoms with Crippen LogP contribution in [0.3, 0.4) is 0 Å². The quantitative estimate of drug-likeness (QED) is 0.766. The van der Waals surface area contributed by atoms with Crippen molar-refractivity contribution in [1.29, 1.82) is 0 Å². The van der Waals surface area contributed by atoms with Crippen molar-refractivity contribution in [3.8, 4) is 0 Å². The molecule has 0 amide bonds. The van der Waals surface area contributed by atoms with Crippen LogP contribution in [-0.2, 0) is 5.41 Å². The highest BCUT2D eigenvalue weighted by atomic mass is 79.9. The standard InChI is InChI=1S/C19H23BrO/c1-12-11-17(20)13(2)10-15(12)18(21)14-8-6-7-9-16(14)19(3,4)5/h6-11,18,21H,1-5H3. The van der Waals surface area contributed by atoms with Gasteiger partial charge in [0.05, 0.1) is 0 Å². The molecule has 0 saturated carbocycles.